The van der Waals surface area contributed by atoms with Gasteiger partial charge in [-0.05, 0) is 18.2 Å². The fourth-order valence-corrected chi connectivity index (χ4v) is 2.62. The molecule has 0 aliphatic carbocycles. The first-order valence-electron chi connectivity index (χ1n) is 6.03. The summed E-state index contributed by atoms with van der Waals surface area (Å²) in [7, 11) is 0. The van der Waals surface area contributed by atoms with Crippen LogP contribution in [0.4, 0.5) is 4.39 Å². The van der Waals surface area contributed by atoms with E-state index in [1.54, 1.807) is 6.07 Å². The molecular weight excluding hydrogens is 311 g/mol. The second-order valence-corrected chi connectivity index (χ2v) is 5.38. The molecule has 0 bridgehead atoms. The summed E-state index contributed by atoms with van der Waals surface area (Å²) in [5.74, 6) is 1.32. The Bertz CT molecular complexity index is 580. The number of ether oxygens (including phenoxy) is 2. The third-order valence-electron chi connectivity index (χ3n) is 3.09. The minimum absolute atomic E-state index is 0.193. The summed E-state index contributed by atoms with van der Waals surface area (Å²) in [6.45, 7) is 1.09. The number of halogens is 2. The van der Waals surface area contributed by atoms with Crippen molar-refractivity contribution in [3.8, 4) is 11.5 Å². The molecule has 0 fully saturated rings. The third-order valence-corrected chi connectivity index (χ3v) is 3.54. The SMILES string of the molecule is Fc1cc(Br)cc(OCC2COc3ccccc32)c1. The van der Waals surface area contributed by atoms with E-state index in [1.807, 2.05) is 24.3 Å². The van der Waals surface area contributed by atoms with E-state index < -0.39 is 0 Å². The van der Waals surface area contributed by atoms with Crippen molar-refractivity contribution in [2.75, 3.05) is 13.2 Å². The van der Waals surface area contributed by atoms with Gasteiger partial charge < -0.3 is 9.47 Å². The molecule has 2 aromatic rings. The van der Waals surface area contributed by atoms with Crippen LogP contribution >= 0.6 is 15.9 Å². The number of rotatable bonds is 3. The van der Waals surface area contributed by atoms with Crippen LogP contribution < -0.4 is 9.47 Å². The van der Waals surface area contributed by atoms with E-state index >= 15 is 0 Å². The molecule has 2 aromatic carbocycles. The summed E-state index contributed by atoms with van der Waals surface area (Å²) in [6.07, 6.45) is 0. The van der Waals surface area contributed by atoms with Gasteiger partial charge >= 0.3 is 0 Å². The summed E-state index contributed by atoms with van der Waals surface area (Å²) < 4.78 is 25.1. The molecule has 0 spiro atoms. The maximum absolute atomic E-state index is 13.2. The molecule has 2 nitrogen and oxygen atoms in total. The first kappa shape index (κ1) is 12.5. The highest BCUT2D eigenvalue weighted by atomic mass is 79.9. The zero-order valence-corrected chi connectivity index (χ0v) is 11.7. The van der Waals surface area contributed by atoms with Gasteiger partial charge in [0.15, 0.2) is 0 Å². The Hall–Kier alpha value is -1.55. The predicted octanol–water partition coefficient (Wildman–Crippen LogP) is 4.14. The van der Waals surface area contributed by atoms with Gasteiger partial charge in [0.25, 0.3) is 0 Å². The molecule has 4 heteroatoms. The lowest BCUT2D eigenvalue weighted by atomic mass is 10.0. The average molecular weight is 323 g/mol. The van der Waals surface area contributed by atoms with Crippen LogP contribution in [0.2, 0.25) is 0 Å². The number of hydrogen-bond donors (Lipinski definition) is 0. The minimum atomic E-state index is -0.313. The van der Waals surface area contributed by atoms with E-state index in [0.717, 1.165) is 11.3 Å². The molecule has 3 rings (SSSR count). The molecule has 0 N–H and O–H groups in total. The van der Waals surface area contributed by atoms with E-state index in [-0.39, 0.29) is 11.7 Å². The smallest absolute Gasteiger partial charge is 0.128 e. The van der Waals surface area contributed by atoms with E-state index in [2.05, 4.69) is 15.9 Å². The quantitative estimate of drug-likeness (QED) is 0.845. The van der Waals surface area contributed by atoms with Crippen molar-refractivity contribution < 1.29 is 13.9 Å². The van der Waals surface area contributed by atoms with E-state index in [9.17, 15) is 4.39 Å². The van der Waals surface area contributed by atoms with E-state index in [0.29, 0.717) is 23.4 Å². The third kappa shape index (κ3) is 2.73. The average Bonchev–Trinajstić information content (AvgIpc) is 2.78. The molecule has 0 radical (unpaired) electrons. The Morgan fingerprint density at radius 1 is 1.26 bits per heavy atom. The molecule has 0 saturated carbocycles. The first-order chi connectivity index (χ1) is 9.22. The molecule has 19 heavy (non-hydrogen) atoms. The van der Waals surface area contributed by atoms with Gasteiger partial charge in [-0.2, -0.15) is 0 Å². The molecule has 1 atom stereocenters. The predicted molar refractivity (Wildman–Crippen MR) is 74.3 cm³/mol. The Kier molecular flexibility index (Phi) is 3.42. The van der Waals surface area contributed by atoms with Crippen molar-refractivity contribution in [2.45, 2.75) is 5.92 Å². The molecule has 0 aromatic heterocycles. The molecule has 1 aliphatic rings. The van der Waals surface area contributed by atoms with Crippen LogP contribution in [0.25, 0.3) is 0 Å². The molecule has 98 valence electrons. The van der Waals surface area contributed by atoms with Gasteiger partial charge in [0, 0.05) is 16.1 Å². The van der Waals surface area contributed by atoms with Crippen LogP contribution in [0.1, 0.15) is 11.5 Å². The Morgan fingerprint density at radius 2 is 2.11 bits per heavy atom. The Balaban J connectivity index is 1.70. The summed E-state index contributed by atoms with van der Waals surface area (Å²) in [5, 5.41) is 0. The Morgan fingerprint density at radius 3 is 2.95 bits per heavy atom. The number of fused-ring (bicyclic) bond motifs is 1. The van der Waals surface area contributed by atoms with Crippen molar-refractivity contribution in [3.63, 3.8) is 0 Å². The molecule has 1 aliphatic heterocycles. The fourth-order valence-electron chi connectivity index (χ4n) is 2.18. The number of hydrogen-bond acceptors (Lipinski definition) is 2. The van der Waals surface area contributed by atoms with Crippen LogP contribution in [0.3, 0.4) is 0 Å². The van der Waals surface area contributed by atoms with Gasteiger partial charge in [-0.1, -0.05) is 34.1 Å². The van der Waals surface area contributed by atoms with E-state index in [4.69, 9.17) is 9.47 Å². The molecular formula is C15H12BrFO2. The molecule has 0 amide bonds. The fraction of sp³-hybridized carbons (Fsp3) is 0.200. The lowest BCUT2D eigenvalue weighted by Gasteiger charge is -2.11. The lowest BCUT2D eigenvalue weighted by Crippen LogP contribution is -2.11. The highest BCUT2D eigenvalue weighted by molar-refractivity contribution is 9.10. The van der Waals surface area contributed by atoms with Gasteiger partial charge in [-0.15, -0.1) is 0 Å². The van der Waals surface area contributed by atoms with Crippen LogP contribution in [0, 0.1) is 5.82 Å². The maximum Gasteiger partial charge on any atom is 0.128 e. The Labute approximate surface area is 119 Å². The maximum atomic E-state index is 13.2. The van der Waals surface area contributed by atoms with Gasteiger partial charge in [0.05, 0.1) is 19.1 Å². The van der Waals surface area contributed by atoms with Crippen molar-refractivity contribution in [1.82, 2.24) is 0 Å². The van der Waals surface area contributed by atoms with Gasteiger partial charge in [0.2, 0.25) is 0 Å². The zero-order chi connectivity index (χ0) is 13.2. The normalized spacial score (nSPS) is 16.8. The second-order valence-electron chi connectivity index (χ2n) is 4.46. The van der Waals surface area contributed by atoms with Gasteiger partial charge in [-0.25, -0.2) is 4.39 Å². The van der Waals surface area contributed by atoms with Crippen molar-refractivity contribution in [1.29, 1.82) is 0 Å². The number of benzene rings is 2. The topological polar surface area (TPSA) is 18.5 Å². The zero-order valence-electron chi connectivity index (χ0n) is 10.1. The van der Waals surface area contributed by atoms with Crippen molar-refractivity contribution >= 4 is 15.9 Å². The van der Waals surface area contributed by atoms with Crippen LogP contribution in [-0.4, -0.2) is 13.2 Å². The summed E-state index contributed by atoms with van der Waals surface area (Å²) >= 11 is 3.25. The molecule has 1 unspecified atom stereocenters. The lowest BCUT2D eigenvalue weighted by molar-refractivity contribution is 0.247. The molecule has 0 saturated heterocycles. The van der Waals surface area contributed by atoms with Crippen molar-refractivity contribution in [2.24, 2.45) is 0 Å². The number of para-hydroxylation sites is 1. The largest absolute Gasteiger partial charge is 0.493 e. The standard InChI is InChI=1S/C15H12BrFO2/c16-11-5-12(17)7-13(6-11)18-8-10-9-19-15-4-2-1-3-14(10)15/h1-7,10H,8-9H2. The van der Waals surface area contributed by atoms with Crippen LogP contribution in [0.15, 0.2) is 46.9 Å². The van der Waals surface area contributed by atoms with Gasteiger partial charge in [0.1, 0.15) is 17.3 Å². The highest BCUT2D eigenvalue weighted by Crippen LogP contribution is 2.34. The second kappa shape index (κ2) is 5.21. The monoisotopic (exact) mass is 322 g/mol. The van der Waals surface area contributed by atoms with Crippen LogP contribution in [0.5, 0.6) is 11.5 Å². The van der Waals surface area contributed by atoms with Crippen molar-refractivity contribution in [3.05, 3.63) is 58.3 Å². The molecule has 1 heterocycles. The van der Waals surface area contributed by atoms with E-state index in [1.165, 1.54) is 12.1 Å². The summed E-state index contributed by atoms with van der Waals surface area (Å²) in [6, 6.07) is 12.5. The summed E-state index contributed by atoms with van der Waals surface area (Å²) in [5.41, 5.74) is 1.15. The van der Waals surface area contributed by atoms with Crippen LogP contribution in [-0.2, 0) is 0 Å². The first-order valence-corrected chi connectivity index (χ1v) is 6.82. The van der Waals surface area contributed by atoms with Gasteiger partial charge in [-0.3, -0.25) is 0 Å². The summed E-state index contributed by atoms with van der Waals surface area (Å²) in [4.78, 5) is 0. The minimum Gasteiger partial charge on any atom is -0.493 e. The highest BCUT2D eigenvalue weighted by Gasteiger charge is 2.24.